The number of nitrogens with zero attached hydrogens (tertiary/aromatic N) is 2. The molecule has 13 atom stereocenters. The molecule has 0 aromatic carbocycles. The van der Waals surface area contributed by atoms with Crippen molar-refractivity contribution in [1.29, 1.82) is 0 Å². The smallest absolute Gasteiger partial charge is 0.408 e. The lowest BCUT2D eigenvalue weighted by Gasteiger charge is -2.48. The van der Waals surface area contributed by atoms with Crippen molar-refractivity contribution in [2.75, 3.05) is 41.3 Å². The van der Waals surface area contributed by atoms with Crippen LogP contribution in [-0.2, 0) is 33.3 Å². The number of alkyl carbamates (subject to hydrolysis) is 1. The highest BCUT2D eigenvalue weighted by molar-refractivity contribution is 6.00. The number of likely N-dealkylation sites (N-methyl/N-ethyl adjacent to an activating group) is 2. The number of carbonyl (C=O) groups excluding carboxylic acids is 3. The number of ketones is 1. The maximum Gasteiger partial charge on any atom is 0.408 e. The first-order valence-electron chi connectivity index (χ1n) is 18.4. The van der Waals surface area contributed by atoms with Gasteiger partial charge in [-0.1, -0.05) is 27.2 Å². The molecule has 1 aliphatic carbocycles. The Balaban J connectivity index is 1.67. The predicted octanol–water partition coefficient (Wildman–Crippen LogP) is 2.72. The molecule has 3 N–H and O–H groups in total. The lowest BCUT2D eigenvalue weighted by Crippen LogP contribution is -2.60. The maximum absolute atomic E-state index is 14.2. The summed E-state index contributed by atoms with van der Waals surface area (Å²) in [5.74, 6) is -3.03. The second-order valence-electron chi connectivity index (χ2n) is 15.8. The first kappa shape index (κ1) is 39.9. The number of methoxy groups -OCH3 is 1. The van der Waals surface area contributed by atoms with Crippen LogP contribution in [0.3, 0.4) is 0 Å². The quantitative estimate of drug-likeness (QED) is 0.253. The Bertz CT molecular complexity index is 1160. The van der Waals surface area contributed by atoms with E-state index in [0.717, 1.165) is 0 Å². The second kappa shape index (κ2) is 16.2. The number of amides is 1. The third-order valence-electron chi connectivity index (χ3n) is 12.0. The molecule has 1 amide bonds. The molecule has 0 spiro atoms. The summed E-state index contributed by atoms with van der Waals surface area (Å²) in [7, 11) is 7.60. The van der Waals surface area contributed by atoms with Crippen LogP contribution >= 0.6 is 0 Å². The van der Waals surface area contributed by atoms with E-state index < -0.39 is 65.7 Å². The summed E-state index contributed by atoms with van der Waals surface area (Å²) in [5, 5.41) is 18.1. The molecule has 5 unspecified atom stereocenters. The minimum Gasteiger partial charge on any atom is -0.458 e. The van der Waals surface area contributed by atoms with Crippen molar-refractivity contribution in [3.63, 3.8) is 0 Å². The van der Waals surface area contributed by atoms with E-state index >= 15 is 0 Å². The molecule has 0 aromatic heterocycles. The highest BCUT2D eigenvalue weighted by Crippen LogP contribution is 2.38. The number of Topliss-reactive ketones (excluding diaryl/α,β-unsaturated/α-hetero) is 1. The lowest BCUT2D eigenvalue weighted by atomic mass is 9.78. The largest absolute Gasteiger partial charge is 0.458 e. The molecule has 4 aliphatic rings. The van der Waals surface area contributed by atoms with Crippen molar-refractivity contribution >= 4 is 17.8 Å². The van der Waals surface area contributed by atoms with Crippen LogP contribution in [0, 0.1) is 17.8 Å². The average molecular weight is 697 g/mol. The Kier molecular flexibility index (Phi) is 13.2. The lowest BCUT2D eigenvalue weighted by molar-refractivity contribution is -0.299. The third-order valence-corrected chi connectivity index (χ3v) is 12.0. The highest BCUT2D eigenvalue weighted by atomic mass is 16.7. The van der Waals surface area contributed by atoms with E-state index in [-0.39, 0.29) is 29.9 Å². The van der Waals surface area contributed by atoms with Gasteiger partial charge in [0.2, 0.25) is 0 Å². The molecule has 3 saturated heterocycles. The Morgan fingerprint density at radius 3 is 2.31 bits per heavy atom. The van der Waals surface area contributed by atoms with Gasteiger partial charge in [-0.05, 0) is 93.4 Å². The summed E-state index contributed by atoms with van der Waals surface area (Å²) in [6, 6.07) is -0.413. The predicted molar refractivity (Wildman–Crippen MR) is 184 cm³/mol. The fourth-order valence-electron chi connectivity index (χ4n) is 8.49. The van der Waals surface area contributed by atoms with Gasteiger partial charge in [-0.2, -0.15) is 0 Å². The second-order valence-corrected chi connectivity index (χ2v) is 15.8. The SMILES string of the molecule is CC[C@]12OC(=O)N[C@@H]1[C@@H](C)NC[C@H](C)C[C@@](C)(OC)[C@H](OC1OC(CN(C)C3CCC3)CC(N(C)C)C1O)[C@@H](C)C(=O)C(C)C(=O)O[C@@H]2C. The number of aliphatic hydroxyl groups is 1. The number of ether oxygens (including phenoxy) is 5. The van der Waals surface area contributed by atoms with Gasteiger partial charge in [0.05, 0.1) is 23.9 Å². The molecule has 1 saturated carbocycles. The fraction of sp³-hybridized carbons (Fsp3) is 0.917. The number of carbonyl (C=O) groups is 3. The molecule has 3 aliphatic heterocycles. The van der Waals surface area contributed by atoms with Crippen molar-refractivity contribution in [2.45, 2.75) is 153 Å². The van der Waals surface area contributed by atoms with Crippen molar-refractivity contribution in [3.8, 4) is 0 Å². The zero-order chi connectivity index (χ0) is 36.4. The molecule has 3 heterocycles. The summed E-state index contributed by atoms with van der Waals surface area (Å²) in [4.78, 5) is 44.8. The zero-order valence-corrected chi connectivity index (χ0v) is 31.7. The Labute approximate surface area is 293 Å². The van der Waals surface area contributed by atoms with Gasteiger partial charge in [-0.25, -0.2) is 4.79 Å². The molecule has 0 radical (unpaired) electrons. The van der Waals surface area contributed by atoms with Crippen molar-refractivity contribution in [1.82, 2.24) is 20.4 Å². The van der Waals surface area contributed by atoms with Crippen LogP contribution in [-0.4, -0.2) is 140 Å². The highest BCUT2D eigenvalue weighted by Gasteiger charge is 2.56. The Morgan fingerprint density at radius 2 is 1.73 bits per heavy atom. The minimum atomic E-state index is -1.14. The van der Waals surface area contributed by atoms with Crippen LogP contribution in [0.4, 0.5) is 4.79 Å². The van der Waals surface area contributed by atoms with E-state index in [1.807, 2.05) is 39.8 Å². The molecule has 0 aromatic rings. The van der Waals surface area contributed by atoms with Gasteiger partial charge < -0.3 is 49.2 Å². The van der Waals surface area contributed by atoms with Crippen LogP contribution < -0.4 is 10.6 Å². The van der Waals surface area contributed by atoms with Gasteiger partial charge in [0.25, 0.3) is 0 Å². The fourth-order valence-corrected chi connectivity index (χ4v) is 8.49. The molecule has 0 bridgehead atoms. The Morgan fingerprint density at radius 1 is 1.06 bits per heavy atom. The first-order valence-corrected chi connectivity index (χ1v) is 18.4. The van der Waals surface area contributed by atoms with E-state index in [9.17, 15) is 19.5 Å². The number of cyclic esters (lactones) is 1. The van der Waals surface area contributed by atoms with E-state index in [1.165, 1.54) is 26.2 Å². The van der Waals surface area contributed by atoms with E-state index in [2.05, 4.69) is 29.5 Å². The average Bonchev–Trinajstić information content (AvgIpc) is 3.38. The summed E-state index contributed by atoms with van der Waals surface area (Å²) in [6.45, 7) is 14.1. The standard InChI is InChI=1S/C36H64N4O9/c1-12-36-24(6)46-32(43)22(4)28(41)21(3)31(35(7,45-11)17-20(2)18-37-23(5)30(36)38-34(44)49-36)48-33-29(42)27(39(8)9)16-26(47-33)19-40(10)25-14-13-15-25/h20-27,29-31,33,37,42H,12-19H2,1-11H3,(H,38,44)/t20-,21+,22?,23-,24-,26?,27?,29?,30-,31-,33?,35-,36-/m1/s1. The van der Waals surface area contributed by atoms with Gasteiger partial charge in [-0.3, -0.25) is 9.59 Å². The molecule has 13 heteroatoms. The van der Waals surface area contributed by atoms with Crippen molar-refractivity contribution < 1.29 is 43.2 Å². The topological polar surface area (TPSA) is 148 Å². The number of rotatable bonds is 8. The molecular formula is C36H64N4O9. The summed E-state index contributed by atoms with van der Waals surface area (Å²) >= 11 is 0. The third kappa shape index (κ3) is 8.45. The maximum atomic E-state index is 14.2. The van der Waals surface area contributed by atoms with Gasteiger partial charge in [0.15, 0.2) is 17.7 Å². The van der Waals surface area contributed by atoms with Crippen LogP contribution in [0.15, 0.2) is 0 Å². The van der Waals surface area contributed by atoms with Crippen LogP contribution in [0.25, 0.3) is 0 Å². The molecule has 282 valence electrons. The van der Waals surface area contributed by atoms with Gasteiger partial charge in [0.1, 0.15) is 18.1 Å². The van der Waals surface area contributed by atoms with Gasteiger partial charge in [0, 0.05) is 37.7 Å². The van der Waals surface area contributed by atoms with Gasteiger partial charge >= 0.3 is 12.1 Å². The van der Waals surface area contributed by atoms with E-state index in [1.54, 1.807) is 21.0 Å². The van der Waals surface area contributed by atoms with Crippen LogP contribution in [0.5, 0.6) is 0 Å². The molecule has 13 nitrogen and oxygen atoms in total. The number of esters is 1. The monoisotopic (exact) mass is 696 g/mol. The number of fused-ring (bicyclic) bond motifs is 1. The summed E-state index contributed by atoms with van der Waals surface area (Å²) < 4.78 is 31.3. The van der Waals surface area contributed by atoms with Crippen molar-refractivity contribution in [2.24, 2.45) is 17.8 Å². The molecular weight excluding hydrogens is 632 g/mol. The number of nitrogens with one attached hydrogen (secondary N) is 2. The summed E-state index contributed by atoms with van der Waals surface area (Å²) in [5.41, 5.74) is -2.13. The van der Waals surface area contributed by atoms with Crippen LogP contribution in [0.1, 0.15) is 87.0 Å². The van der Waals surface area contributed by atoms with Gasteiger partial charge in [-0.15, -0.1) is 0 Å². The summed E-state index contributed by atoms with van der Waals surface area (Å²) in [6.07, 6.45) is 0.621. The van der Waals surface area contributed by atoms with Crippen molar-refractivity contribution in [3.05, 3.63) is 0 Å². The first-order chi connectivity index (χ1) is 23.0. The number of hydrogen-bond donors (Lipinski definition) is 3. The zero-order valence-electron chi connectivity index (χ0n) is 31.7. The molecule has 49 heavy (non-hydrogen) atoms. The van der Waals surface area contributed by atoms with Crippen LogP contribution in [0.2, 0.25) is 0 Å². The Hall–Kier alpha value is -1.87. The molecule has 4 fully saturated rings. The minimum absolute atomic E-state index is 0.0308. The number of aliphatic hydroxyl groups excluding tert-OH is 1. The molecule has 4 rings (SSSR count). The van der Waals surface area contributed by atoms with E-state index in [4.69, 9.17) is 23.7 Å². The number of hydrogen-bond acceptors (Lipinski definition) is 12. The van der Waals surface area contributed by atoms with E-state index in [0.29, 0.717) is 38.4 Å². The normalized spacial score (nSPS) is 43.2.